The van der Waals surface area contributed by atoms with Crippen molar-refractivity contribution in [1.82, 2.24) is 24.9 Å². The molecule has 1 N–H and O–H groups in total. The van der Waals surface area contributed by atoms with Crippen LogP contribution in [0.15, 0.2) is 30.3 Å². The van der Waals surface area contributed by atoms with Gasteiger partial charge in [0, 0.05) is 38.8 Å². The number of carbonyl (C=O) groups excluding carboxylic acids is 3. The smallest absolute Gasteiger partial charge is 0.272 e. The summed E-state index contributed by atoms with van der Waals surface area (Å²) in [6, 6.07) is 6.78. The van der Waals surface area contributed by atoms with E-state index in [0.717, 1.165) is 5.56 Å². The maximum atomic E-state index is 13.2. The molecular formula is C22H26FN5O4. The van der Waals surface area contributed by atoms with Gasteiger partial charge in [0.2, 0.25) is 5.91 Å². The van der Waals surface area contributed by atoms with Gasteiger partial charge in [0.05, 0.1) is 13.2 Å². The molecular weight excluding hydrogens is 417 g/mol. The van der Waals surface area contributed by atoms with E-state index < -0.39 is 11.9 Å². The molecule has 0 saturated carbocycles. The van der Waals surface area contributed by atoms with E-state index in [-0.39, 0.29) is 23.3 Å². The highest BCUT2D eigenvalue weighted by atomic mass is 19.1. The summed E-state index contributed by atoms with van der Waals surface area (Å²) in [6.45, 7) is 4.96. The second-order valence-electron chi connectivity index (χ2n) is 7.98. The number of amides is 3. The molecule has 0 unspecified atom stereocenters. The fraction of sp³-hybridized carbons (Fsp3) is 0.455. The molecule has 1 atom stereocenters. The lowest BCUT2D eigenvalue weighted by Crippen LogP contribution is -2.50. The van der Waals surface area contributed by atoms with Crippen LogP contribution in [0.1, 0.15) is 39.9 Å². The number of hydrogen-bond donors (Lipinski definition) is 1. The summed E-state index contributed by atoms with van der Waals surface area (Å²) in [4.78, 5) is 41.6. The zero-order valence-electron chi connectivity index (χ0n) is 17.9. The molecule has 1 aromatic heterocycles. The van der Waals surface area contributed by atoms with Crippen LogP contribution in [-0.4, -0.2) is 76.2 Å². The minimum Gasteiger partial charge on any atom is -0.378 e. The van der Waals surface area contributed by atoms with Crippen molar-refractivity contribution in [3.8, 4) is 0 Å². The summed E-state index contributed by atoms with van der Waals surface area (Å²) in [6.07, 6.45) is 0.675. The number of nitrogens with one attached hydrogen (secondary N) is 1. The van der Waals surface area contributed by atoms with Gasteiger partial charge in [-0.05, 0) is 31.0 Å². The molecule has 4 rings (SSSR count). The van der Waals surface area contributed by atoms with Crippen molar-refractivity contribution in [2.75, 3.05) is 32.8 Å². The number of benzene rings is 1. The maximum Gasteiger partial charge on any atom is 0.272 e. The highest BCUT2D eigenvalue weighted by Crippen LogP contribution is 2.17. The number of aromatic nitrogens is 2. The third-order valence-electron chi connectivity index (χ3n) is 5.64. The lowest BCUT2D eigenvalue weighted by atomic mass is 10.2. The van der Waals surface area contributed by atoms with Crippen molar-refractivity contribution in [1.29, 1.82) is 0 Å². The number of carbonyl (C=O) groups is 3. The maximum absolute atomic E-state index is 13.2. The van der Waals surface area contributed by atoms with Gasteiger partial charge in [-0.2, -0.15) is 5.10 Å². The molecule has 0 spiro atoms. The Bertz CT molecular complexity index is 1000. The monoisotopic (exact) mass is 443 g/mol. The quantitative estimate of drug-likeness (QED) is 0.745. The molecule has 0 bridgehead atoms. The van der Waals surface area contributed by atoms with E-state index in [9.17, 15) is 18.8 Å². The standard InChI is InChI=1S/C22H26FN5O4/c1-15(21(30)26-9-11-32-12-10-26)24-20(29)18-13-19-22(31)27(7-2-8-28(19)25-18)14-16-3-5-17(23)6-4-16/h3-6,13,15H,2,7-12,14H2,1H3,(H,24,29)/t15-/m0/s1. The molecule has 0 aliphatic carbocycles. The lowest BCUT2D eigenvalue weighted by molar-refractivity contribution is -0.136. The summed E-state index contributed by atoms with van der Waals surface area (Å²) in [5.74, 6) is -1.25. The van der Waals surface area contributed by atoms with Crippen molar-refractivity contribution in [2.24, 2.45) is 0 Å². The molecule has 3 heterocycles. The van der Waals surface area contributed by atoms with Crippen molar-refractivity contribution in [3.05, 3.63) is 53.1 Å². The Morgan fingerprint density at radius 2 is 1.88 bits per heavy atom. The average Bonchev–Trinajstić information content (AvgIpc) is 3.18. The molecule has 170 valence electrons. The zero-order valence-corrected chi connectivity index (χ0v) is 17.9. The van der Waals surface area contributed by atoms with Crippen LogP contribution in [0, 0.1) is 5.82 Å². The van der Waals surface area contributed by atoms with Crippen molar-refractivity contribution in [3.63, 3.8) is 0 Å². The van der Waals surface area contributed by atoms with Crippen molar-refractivity contribution < 1.29 is 23.5 Å². The molecule has 2 aliphatic rings. The number of halogens is 1. The molecule has 2 aromatic rings. The van der Waals surface area contributed by atoms with Gasteiger partial charge in [-0.1, -0.05) is 12.1 Å². The van der Waals surface area contributed by atoms with Crippen molar-refractivity contribution in [2.45, 2.75) is 32.5 Å². The van der Waals surface area contributed by atoms with Crippen LogP contribution in [0.2, 0.25) is 0 Å². The van der Waals surface area contributed by atoms with Crippen LogP contribution in [0.25, 0.3) is 0 Å². The van der Waals surface area contributed by atoms with Gasteiger partial charge in [0.15, 0.2) is 5.69 Å². The van der Waals surface area contributed by atoms with E-state index in [1.807, 2.05) is 0 Å². The zero-order chi connectivity index (χ0) is 22.7. The second kappa shape index (κ2) is 9.47. The fourth-order valence-corrected chi connectivity index (χ4v) is 3.90. The number of aryl methyl sites for hydroxylation is 1. The first-order valence-electron chi connectivity index (χ1n) is 10.7. The third-order valence-corrected chi connectivity index (χ3v) is 5.64. The Hall–Kier alpha value is -3.27. The SMILES string of the molecule is C[C@H](NC(=O)c1cc2n(n1)CCCN(Cc1ccc(F)cc1)C2=O)C(=O)N1CCOCC1. The van der Waals surface area contributed by atoms with Crippen LogP contribution in [0.4, 0.5) is 4.39 Å². The van der Waals surface area contributed by atoms with E-state index >= 15 is 0 Å². The Morgan fingerprint density at radius 1 is 1.16 bits per heavy atom. The first kappa shape index (κ1) is 21.9. The lowest BCUT2D eigenvalue weighted by Gasteiger charge is -2.29. The molecule has 9 nitrogen and oxygen atoms in total. The molecule has 32 heavy (non-hydrogen) atoms. The molecule has 0 radical (unpaired) electrons. The summed E-state index contributed by atoms with van der Waals surface area (Å²) < 4.78 is 20.0. The minimum atomic E-state index is -0.715. The molecule has 10 heteroatoms. The van der Waals surface area contributed by atoms with Gasteiger partial charge >= 0.3 is 0 Å². The van der Waals surface area contributed by atoms with E-state index in [2.05, 4.69) is 10.4 Å². The van der Waals surface area contributed by atoms with Crippen LogP contribution in [0.5, 0.6) is 0 Å². The number of rotatable bonds is 5. The number of hydrogen-bond acceptors (Lipinski definition) is 5. The Labute approximate surface area is 185 Å². The van der Waals surface area contributed by atoms with E-state index in [1.165, 1.54) is 22.9 Å². The van der Waals surface area contributed by atoms with Gasteiger partial charge in [-0.3, -0.25) is 19.1 Å². The Balaban J connectivity index is 1.43. The average molecular weight is 443 g/mol. The van der Waals surface area contributed by atoms with E-state index in [0.29, 0.717) is 58.1 Å². The Morgan fingerprint density at radius 3 is 2.59 bits per heavy atom. The van der Waals surface area contributed by atoms with Crippen LogP contribution < -0.4 is 5.32 Å². The van der Waals surface area contributed by atoms with Gasteiger partial charge in [-0.25, -0.2) is 4.39 Å². The molecule has 1 fully saturated rings. The van der Waals surface area contributed by atoms with E-state index in [1.54, 1.807) is 28.9 Å². The number of ether oxygens (including phenoxy) is 1. The second-order valence-corrected chi connectivity index (χ2v) is 7.98. The molecule has 3 amide bonds. The summed E-state index contributed by atoms with van der Waals surface area (Å²) in [5, 5.41) is 6.98. The van der Waals surface area contributed by atoms with Gasteiger partial charge in [0.25, 0.3) is 11.8 Å². The Kier molecular flexibility index (Phi) is 6.50. The summed E-state index contributed by atoms with van der Waals surface area (Å²) in [7, 11) is 0. The third kappa shape index (κ3) is 4.80. The highest BCUT2D eigenvalue weighted by molar-refractivity contribution is 5.99. The van der Waals surface area contributed by atoms with Crippen LogP contribution in [0.3, 0.4) is 0 Å². The minimum absolute atomic E-state index is 0.0959. The highest BCUT2D eigenvalue weighted by Gasteiger charge is 2.28. The number of morpholine rings is 1. The van der Waals surface area contributed by atoms with Crippen LogP contribution >= 0.6 is 0 Å². The number of nitrogens with zero attached hydrogens (tertiary/aromatic N) is 4. The molecule has 1 aromatic carbocycles. The van der Waals surface area contributed by atoms with Gasteiger partial charge < -0.3 is 19.9 Å². The van der Waals surface area contributed by atoms with Crippen LogP contribution in [-0.2, 0) is 22.6 Å². The van der Waals surface area contributed by atoms with E-state index in [4.69, 9.17) is 4.74 Å². The van der Waals surface area contributed by atoms with Crippen molar-refractivity contribution >= 4 is 17.7 Å². The first-order chi connectivity index (χ1) is 15.4. The van der Waals surface area contributed by atoms with Gasteiger partial charge in [-0.15, -0.1) is 0 Å². The summed E-state index contributed by atoms with van der Waals surface area (Å²) >= 11 is 0. The fourth-order valence-electron chi connectivity index (χ4n) is 3.90. The molecule has 1 saturated heterocycles. The normalized spacial score (nSPS) is 17.5. The molecule has 2 aliphatic heterocycles. The summed E-state index contributed by atoms with van der Waals surface area (Å²) in [5.41, 5.74) is 1.24. The predicted molar refractivity (Wildman–Crippen MR) is 112 cm³/mol. The predicted octanol–water partition coefficient (Wildman–Crippen LogP) is 1.05. The van der Waals surface area contributed by atoms with Gasteiger partial charge in [0.1, 0.15) is 17.6 Å². The largest absolute Gasteiger partial charge is 0.378 e. The topological polar surface area (TPSA) is 96.8 Å². The number of fused-ring (bicyclic) bond motifs is 1. The first-order valence-corrected chi connectivity index (χ1v) is 10.7.